The number of amides is 1. The number of carbonyl (C=O) groups excluding carboxylic acids is 1. The minimum atomic E-state index is -0.895. The first-order valence-electron chi connectivity index (χ1n) is 7.27. The Labute approximate surface area is 129 Å². The van der Waals surface area contributed by atoms with Gasteiger partial charge in [-0.05, 0) is 25.5 Å². The lowest BCUT2D eigenvalue weighted by Crippen LogP contribution is -2.45. The highest BCUT2D eigenvalue weighted by Crippen LogP contribution is 2.41. The van der Waals surface area contributed by atoms with E-state index in [0.29, 0.717) is 30.0 Å². The van der Waals surface area contributed by atoms with Crippen molar-refractivity contribution in [3.63, 3.8) is 0 Å². The second-order valence-corrected chi connectivity index (χ2v) is 5.22. The third kappa shape index (κ3) is 2.86. The van der Waals surface area contributed by atoms with E-state index in [1.165, 1.54) is 7.11 Å². The monoisotopic (exact) mass is 307 g/mol. The summed E-state index contributed by atoms with van der Waals surface area (Å²) < 4.78 is 10.6. The molecule has 2 atom stereocenters. The number of likely N-dealkylation sites (tertiary alicyclic amines) is 1. The summed E-state index contributed by atoms with van der Waals surface area (Å²) in [5, 5.41) is 9.53. The van der Waals surface area contributed by atoms with Gasteiger partial charge in [-0.2, -0.15) is 0 Å². The number of carbonyl (C=O) groups is 2. The van der Waals surface area contributed by atoms with Crippen molar-refractivity contribution >= 4 is 11.9 Å². The van der Waals surface area contributed by atoms with Gasteiger partial charge in [0.15, 0.2) is 0 Å². The largest absolute Gasteiger partial charge is 0.497 e. The molecule has 0 radical (unpaired) electrons. The van der Waals surface area contributed by atoms with Crippen molar-refractivity contribution in [3.05, 3.63) is 23.8 Å². The zero-order valence-corrected chi connectivity index (χ0v) is 13.0. The lowest BCUT2D eigenvalue weighted by molar-refractivity contribution is -0.151. The summed E-state index contributed by atoms with van der Waals surface area (Å²) in [6.45, 7) is 2.31. The molecular weight excluding hydrogens is 286 g/mol. The van der Waals surface area contributed by atoms with E-state index in [4.69, 9.17) is 9.47 Å². The normalized spacial score (nSPS) is 21.6. The Hall–Kier alpha value is -2.24. The summed E-state index contributed by atoms with van der Waals surface area (Å²) in [5.74, 6) is -0.405. The van der Waals surface area contributed by atoms with E-state index in [1.807, 2.05) is 6.92 Å². The number of methoxy groups -OCH3 is 2. The van der Waals surface area contributed by atoms with Crippen LogP contribution in [0.1, 0.15) is 31.4 Å². The number of aliphatic carboxylic acids is 1. The fourth-order valence-corrected chi connectivity index (χ4v) is 3.03. The summed E-state index contributed by atoms with van der Waals surface area (Å²) in [4.78, 5) is 25.4. The first-order valence-corrected chi connectivity index (χ1v) is 7.27. The molecule has 1 aliphatic rings. The lowest BCUT2D eigenvalue weighted by Gasteiger charge is -2.39. The molecule has 1 amide bonds. The van der Waals surface area contributed by atoms with Crippen molar-refractivity contribution in [2.24, 2.45) is 5.92 Å². The summed E-state index contributed by atoms with van der Waals surface area (Å²) in [5.41, 5.74) is 0.700. The van der Waals surface area contributed by atoms with Gasteiger partial charge in [0.2, 0.25) is 5.91 Å². The standard InChI is InChI=1S/C16H21NO5/c1-4-17-14(18)8-7-12(16(19)20)15(17)11-6-5-10(21-2)9-13(11)22-3/h5-6,9,12,15H,4,7-8H2,1-3H3,(H,19,20)/t12-,15+/m1/s1. The second-order valence-electron chi connectivity index (χ2n) is 5.22. The number of piperidine rings is 1. The average Bonchev–Trinajstić information content (AvgIpc) is 2.53. The van der Waals surface area contributed by atoms with Crippen molar-refractivity contribution in [2.75, 3.05) is 20.8 Å². The van der Waals surface area contributed by atoms with Crippen molar-refractivity contribution in [1.82, 2.24) is 4.90 Å². The van der Waals surface area contributed by atoms with Crippen LogP contribution in [0.3, 0.4) is 0 Å². The van der Waals surface area contributed by atoms with E-state index < -0.39 is 17.9 Å². The third-order valence-corrected chi connectivity index (χ3v) is 4.12. The fourth-order valence-electron chi connectivity index (χ4n) is 3.03. The van der Waals surface area contributed by atoms with Crippen LogP contribution in [0.4, 0.5) is 0 Å². The predicted octanol–water partition coefficient (Wildman–Crippen LogP) is 2.09. The van der Waals surface area contributed by atoms with Gasteiger partial charge in [0.25, 0.3) is 0 Å². The fraction of sp³-hybridized carbons (Fsp3) is 0.500. The number of benzene rings is 1. The smallest absolute Gasteiger partial charge is 0.308 e. The van der Waals surface area contributed by atoms with Crippen LogP contribution < -0.4 is 9.47 Å². The van der Waals surface area contributed by atoms with Crippen LogP contribution in [0.15, 0.2) is 18.2 Å². The molecule has 6 heteroatoms. The molecule has 2 rings (SSSR count). The molecule has 1 saturated heterocycles. The van der Waals surface area contributed by atoms with Gasteiger partial charge < -0.3 is 19.5 Å². The molecule has 1 aromatic carbocycles. The number of hydrogen-bond donors (Lipinski definition) is 1. The second kappa shape index (κ2) is 6.68. The van der Waals surface area contributed by atoms with Crippen molar-refractivity contribution in [2.45, 2.75) is 25.8 Å². The average molecular weight is 307 g/mol. The van der Waals surface area contributed by atoms with Crippen LogP contribution in [0.5, 0.6) is 11.5 Å². The Morgan fingerprint density at radius 1 is 1.36 bits per heavy atom. The first-order chi connectivity index (χ1) is 10.5. The van der Waals surface area contributed by atoms with Crippen molar-refractivity contribution < 1.29 is 24.2 Å². The number of carboxylic acid groups (broad SMARTS) is 1. The molecule has 120 valence electrons. The maximum Gasteiger partial charge on any atom is 0.308 e. The molecule has 1 N–H and O–H groups in total. The molecule has 0 aliphatic carbocycles. The zero-order valence-electron chi connectivity index (χ0n) is 13.0. The van der Waals surface area contributed by atoms with E-state index >= 15 is 0 Å². The Balaban J connectivity index is 2.52. The highest BCUT2D eigenvalue weighted by atomic mass is 16.5. The molecule has 0 spiro atoms. The molecule has 1 aliphatic heterocycles. The van der Waals surface area contributed by atoms with Gasteiger partial charge in [-0.1, -0.05) is 0 Å². The van der Waals surface area contributed by atoms with Crippen molar-refractivity contribution in [1.29, 1.82) is 0 Å². The molecule has 1 heterocycles. The van der Waals surface area contributed by atoms with Crippen LogP contribution in [0.25, 0.3) is 0 Å². The van der Waals surface area contributed by atoms with Crippen LogP contribution in [0.2, 0.25) is 0 Å². The Morgan fingerprint density at radius 3 is 2.64 bits per heavy atom. The number of nitrogens with zero attached hydrogens (tertiary/aromatic N) is 1. The number of rotatable bonds is 5. The molecule has 0 unspecified atom stereocenters. The number of hydrogen-bond acceptors (Lipinski definition) is 4. The van der Waals surface area contributed by atoms with Gasteiger partial charge in [-0.15, -0.1) is 0 Å². The quantitative estimate of drug-likeness (QED) is 0.901. The van der Waals surface area contributed by atoms with E-state index in [9.17, 15) is 14.7 Å². The molecule has 0 bridgehead atoms. The van der Waals surface area contributed by atoms with Gasteiger partial charge >= 0.3 is 5.97 Å². The molecule has 0 saturated carbocycles. The van der Waals surface area contributed by atoms with E-state index in [-0.39, 0.29) is 12.3 Å². The highest BCUT2D eigenvalue weighted by molar-refractivity contribution is 5.82. The van der Waals surface area contributed by atoms with Crippen LogP contribution in [0, 0.1) is 5.92 Å². The maximum atomic E-state index is 12.2. The summed E-state index contributed by atoms with van der Waals surface area (Å²) in [7, 11) is 3.08. The van der Waals surface area contributed by atoms with E-state index in [2.05, 4.69) is 0 Å². The van der Waals surface area contributed by atoms with E-state index in [0.717, 1.165) is 0 Å². The third-order valence-electron chi connectivity index (χ3n) is 4.12. The predicted molar refractivity (Wildman–Crippen MR) is 80.0 cm³/mol. The Morgan fingerprint density at radius 2 is 2.09 bits per heavy atom. The molecule has 6 nitrogen and oxygen atoms in total. The van der Waals surface area contributed by atoms with Gasteiger partial charge in [0.1, 0.15) is 11.5 Å². The summed E-state index contributed by atoms with van der Waals surface area (Å²) in [6, 6.07) is 4.72. The zero-order chi connectivity index (χ0) is 16.3. The molecular formula is C16H21NO5. The molecule has 22 heavy (non-hydrogen) atoms. The maximum absolute atomic E-state index is 12.2. The minimum absolute atomic E-state index is 0.0251. The highest BCUT2D eigenvalue weighted by Gasteiger charge is 2.41. The number of ether oxygens (including phenoxy) is 2. The molecule has 0 aromatic heterocycles. The Bertz CT molecular complexity index is 570. The van der Waals surface area contributed by atoms with Gasteiger partial charge in [-0.25, -0.2) is 0 Å². The summed E-state index contributed by atoms with van der Waals surface area (Å²) in [6.07, 6.45) is 0.601. The van der Waals surface area contributed by atoms with Gasteiger partial charge in [0.05, 0.1) is 26.2 Å². The van der Waals surface area contributed by atoms with Crippen molar-refractivity contribution in [3.8, 4) is 11.5 Å². The van der Waals surface area contributed by atoms with Crippen LogP contribution in [-0.4, -0.2) is 42.6 Å². The molecule has 1 aromatic rings. The SMILES string of the molecule is CCN1C(=O)CC[C@@H](C(=O)O)[C@@H]1c1ccc(OC)cc1OC. The molecule has 1 fully saturated rings. The number of carboxylic acids is 1. The lowest BCUT2D eigenvalue weighted by atomic mass is 9.84. The summed E-state index contributed by atoms with van der Waals surface area (Å²) >= 11 is 0. The van der Waals surface area contributed by atoms with Crippen LogP contribution >= 0.6 is 0 Å². The topological polar surface area (TPSA) is 76.1 Å². The minimum Gasteiger partial charge on any atom is -0.497 e. The van der Waals surface area contributed by atoms with Crippen LogP contribution in [-0.2, 0) is 9.59 Å². The van der Waals surface area contributed by atoms with Gasteiger partial charge in [0, 0.05) is 24.6 Å². The van der Waals surface area contributed by atoms with Gasteiger partial charge in [-0.3, -0.25) is 9.59 Å². The first kappa shape index (κ1) is 16.1. The van der Waals surface area contributed by atoms with E-state index in [1.54, 1.807) is 30.2 Å². The Kier molecular flexibility index (Phi) is 4.90.